The smallest absolute Gasteiger partial charge is 0.240 e. The summed E-state index contributed by atoms with van der Waals surface area (Å²) in [6.45, 7) is 8.00. The van der Waals surface area contributed by atoms with Crippen LogP contribution in [0.25, 0.3) is 0 Å². The summed E-state index contributed by atoms with van der Waals surface area (Å²) in [6, 6.07) is 8.36. The van der Waals surface area contributed by atoms with Crippen LogP contribution in [0.4, 0.5) is 26.8 Å². The van der Waals surface area contributed by atoms with Crippen LogP contribution in [-0.2, 0) is 4.79 Å². The Balaban J connectivity index is 1.58. The van der Waals surface area contributed by atoms with Crippen molar-refractivity contribution in [1.82, 2.24) is 9.97 Å². The van der Waals surface area contributed by atoms with Gasteiger partial charge in [0.15, 0.2) is 5.13 Å². The van der Waals surface area contributed by atoms with Gasteiger partial charge in [0, 0.05) is 30.5 Å². The van der Waals surface area contributed by atoms with Crippen LogP contribution in [0.3, 0.4) is 0 Å². The lowest BCUT2D eigenvalue weighted by molar-refractivity contribution is -0.118. The first-order valence-electron chi connectivity index (χ1n) is 11.4. The second-order valence-corrected chi connectivity index (χ2v) is 10.5. The number of nitrogens with zero attached hydrogens (tertiary/aromatic N) is 4. The van der Waals surface area contributed by atoms with Crippen LogP contribution < -0.4 is 21.3 Å². The Kier molecular flexibility index (Phi) is 6.75. The molecule has 1 aliphatic rings. The third-order valence-corrected chi connectivity index (χ3v) is 7.48. The number of pyridine rings is 1. The van der Waals surface area contributed by atoms with E-state index in [0.29, 0.717) is 21.8 Å². The second kappa shape index (κ2) is 9.61. The average molecular weight is 497 g/mol. The maximum Gasteiger partial charge on any atom is 0.240 e. The van der Waals surface area contributed by atoms with Crippen molar-refractivity contribution >= 4 is 45.5 Å². The molecule has 1 saturated heterocycles. The number of primary amides is 1. The van der Waals surface area contributed by atoms with E-state index >= 15 is 0 Å². The molecule has 0 unspecified atom stereocenters. The first-order chi connectivity index (χ1) is 16.6. The molecule has 0 spiro atoms. The standard InChI is InChI=1S/C25H29FN6O2S/c1-15(23(28)34)32(18-7-5-17(26)6-8-18)24-30-22(27)21(35-24)20(33)16-4-9-19(29-14-16)31-12-10-25(2,3)11-13-31/h4-9,14-15H,10-13,27H2,1-3H3,(H2,28,34)/t15-/m1/s1. The topological polar surface area (TPSA) is 118 Å². The van der Waals surface area contributed by atoms with Gasteiger partial charge >= 0.3 is 0 Å². The number of halogens is 1. The maximum atomic E-state index is 13.5. The number of rotatable bonds is 7. The zero-order chi connectivity index (χ0) is 25.3. The first-order valence-corrected chi connectivity index (χ1v) is 12.2. The van der Waals surface area contributed by atoms with Crippen molar-refractivity contribution in [3.05, 3.63) is 58.9 Å². The first kappa shape index (κ1) is 24.6. The van der Waals surface area contributed by atoms with E-state index < -0.39 is 17.8 Å². The number of hydrogen-bond donors (Lipinski definition) is 2. The Morgan fingerprint density at radius 1 is 1.14 bits per heavy atom. The fourth-order valence-corrected chi connectivity index (χ4v) is 5.04. The van der Waals surface area contributed by atoms with Crippen molar-refractivity contribution in [2.75, 3.05) is 28.6 Å². The summed E-state index contributed by atoms with van der Waals surface area (Å²) in [5.41, 5.74) is 12.9. The van der Waals surface area contributed by atoms with Gasteiger partial charge in [-0.25, -0.2) is 14.4 Å². The predicted octanol–water partition coefficient (Wildman–Crippen LogP) is 4.13. The lowest BCUT2D eigenvalue weighted by Crippen LogP contribution is -2.39. The maximum absolute atomic E-state index is 13.5. The average Bonchev–Trinajstić information content (AvgIpc) is 3.21. The van der Waals surface area contributed by atoms with Gasteiger partial charge in [0.2, 0.25) is 11.7 Å². The highest BCUT2D eigenvalue weighted by Gasteiger charge is 2.28. The number of anilines is 4. The Labute approximate surface area is 207 Å². The third kappa shape index (κ3) is 5.27. The van der Waals surface area contributed by atoms with Crippen LogP contribution in [0.5, 0.6) is 0 Å². The molecule has 0 saturated carbocycles. The van der Waals surface area contributed by atoms with Gasteiger partial charge in [0.25, 0.3) is 0 Å². The zero-order valence-corrected chi connectivity index (χ0v) is 20.8. The summed E-state index contributed by atoms with van der Waals surface area (Å²) < 4.78 is 13.5. The molecule has 0 radical (unpaired) electrons. The summed E-state index contributed by atoms with van der Waals surface area (Å²) in [6.07, 6.45) is 3.73. The van der Waals surface area contributed by atoms with E-state index in [-0.39, 0.29) is 16.5 Å². The summed E-state index contributed by atoms with van der Waals surface area (Å²) in [7, 11) is 0. The van der Waals surface area contributed by atoms with Gasteiger partial charge in [0.1, 0.15) is 28.4 Å². The summed E-state index contributed by atoms with van der Waals surface area (Å²) in [5.74, 6) is -0.444. The van der Waals surface area contributed by atoms with Gasteiger partial charge < -0.3 is 21.3 Å². The molecule has 184 valence electrons. The van der Waals surface area contributed by atoms with Crippen molar-refractivity contribution in [2.24, 2.45) is 11.1 Å². The van der Waals surface area contributed by atoms with Crippen LogP contribution in [0, 0.1) is 11.2 Å². The number of piperidine rings is 1. The number of nitrogen functional groups attached to an aromatic ring is 1. The number of aromatic nitrogens is 2. The number of benzene rings is 1. The van der Waals surface area contributed by atoms with Gasteiger partial charge in [0.05, 0.1) is 0 Å². The molecule has 4 N–H and O–H groups in total. The molecule has 1 amide bonds. The van der Waals surface area contributed by atoms with E-state index in [9.17, 15) is 14.0 Å². The minimum atomic E-state index is -0.801. The number of thiazole rings is 1. The molecule has 10 heteroatoms. The molecule has 35 heavy (non-hydrogen) atoms. The Morgan fingerprint density at radius 2 is 1.80 bits per heavy atom. The molecular formula is C25H29FN6O2S. The van der Waals surface area contributed by atoms with E-state index in [1.807, 2.05) is 6.07 Å². The fraction of sp³-hybridized carbons (Fsp3) is 0.360. The van der Waals surface area contributed by atoms with Crippen LogP contribution >= 0.6 is 11.3 Å². The van der Waals surface area contributed by atoms with E-state index in [0.717, 1.165) is 43.1 Å². The molecular weight excluding hydrogens is 467 g/mol. The summed E-state index contributed by atoms with van der Waals surface area (Å²) in [5, 5.41) is 0.310. The fourth-order valence-electron chi connectivity index (χ4n) is 3.99. The number of ketones is 1. The highest BCUT2D eigenvalue weighted by atomic mass is 32.1. The quantitative estimate of drug-likeness (QED) is 0.472. The van der Waals surface area contributed by atoms with Gasteiger partial charge in [-0.3, -0.25) is 9.59 Å². The molecule has 0 aliphatic carbocycles. The number of carbonyl (C=O) groups excluding carboxylic acids is 2. The van der Waals surface area contributed by atoms with Crippen molar-refractivity contribution in [3.8, 4) is 0 Å². The second-order valence-electron chi connectivity index (χ2n) is 9.52. The Hall–Kier alpha value is -3.53. The molecule has 4 rings (SSSR count). The minimum absolute atomic E-state index is 0.0427. The van der Waals surface area contributed by atoms with Crippen LogP contribution in [0.2, 0.25) is 0 Å². The number of carbonyl (C=O) groups is 2. The zero-order valence-electron chi connectivity index (χ0n) is 20.0. The molecule has 1 atom stereocenters. The van der Waals surface area contributed by atoms with E-state index in [1.165, 1.54) is 24.3 Å². The summed E-state index contributed by atoms with van der Waals surface area (Å²) in [4.78, 5) is 38.1. The normalized spacial score (nSPS) is 16.1. The van der Waals surface area contributed by atoms with Crippen LogP contribution in [0.1, 0.15) is 48.8 Å². The lowest BCUT2D eigenvalue weighted by Gasteiger charge is -2.37. The minimum Gasteiger partial charge on any atom is -0.382 e. The summed E-state index contributed by atoms with van der Waals surface area (Å²) >= 11 is 1.05. The molecule has 1 aliphatic heterocycles. The molecule has 1 aromatic carbocycles. The lowest BCUT2D eigenvalue weighted by atomic mass is 9.83. The Bertz CT molecular complexity index is 1220. The van der Waals surface area contributed by atoms with Gasteiger partial charge in [-0.05, 0) is 61.6 Å². The van der Waals surface area contributed by atoms with Crippen molar-refractivity contribution < 1.29 is 14.0 Å². The van der Waals surface area contributed by atoms with Gasteiger partial charge in [-0.15, -0.1) is 0 Å². The molecule has 0 bridgehead atoms. The van der Waals surface area contributed by atoms with Crippen LogP contribution in [0.15, 0.2) is 42.6 Å². The monoisotopic (exact) mass is 496 g/mol. The highest BCUT2D eigenvalue weighted by molar-refractivity contribution is 7.18. The predicted molar refractivity (Wildman–Crippen MR) is 137 cm³/mol. The molecule has 8 nitrogen and oxygen atoms in total. The van der Waals surface area contributed by atoms with E-state index in [1.54, 1.807) is 24.1 Å². The van der Waals surface area contributed by atoms with Crippen LogP contribution in [-0.4, -0.2) is 40.8 Å². The number of nitrogens with two attached hydrogens (primary N) is 2. The molecule has 1 fully saturated rings. The van der Waals surface area contributed by atoms with E-state index in [4.69, 9.17) is 11.5 Å². The SMILES string of the molecule is C[C@H](C(N)=O)N(c1ccc(F)cc1)c1nc(N)c(C(=O)c2ccc(N3CCC(C)(C)CC3)nc2)s1. The van der Waals surface area contributed by atoms with Crippen molar-refractivity contribution in [2.45, 2.75) is 39.7 Å². The third-order valence-electron chi connectivity index (χ3n) is 6.41. The van der Waals surface area contributed by atoms with Crippen molar-refractivity contribution in [1.29, 1.82) is 0 Å². The number of hydrogen-bond acceptors (Lipinski definition) is 8. The highest BCUT2D eigenvalue weighted by Crippen LogP contribution is 2.36. The van der Waals surface area contributed by atoms with Crippen molar-refractivity contribution in [3.63, 3.8) is 0 Å². The van der Waals surface area contributed by atoms with Gasteiger partial charge in [-0.1, -0.05) is 25.2 Å². The number of amides is 1. The largest absolute Gasteiger partial charge is 0.382 e. The Morgan fingerprint density at radius 3 is 2.37 bits per heavy atom. The van der Waals surface area contributed by atoms with Gasteiger partial charge in [-0.2, -0.15) is 0 Å². The van der Waals surface area contributed by atoms with E-state index in [2.05, 4.69) is 28.7 Å². The molecule has 2 aromatic heterocycles. The molecule has 3 aromatic rings. The molecule has 3 heterocycles.